The summed E-state index contributed by atoms with van der Waals surface area (Å²) in [5, 5.41) is 3.42. The van der Waals surface area contributed by atoms with Crippen molar-refractivity contribution in [1.29, 1.82) is 0 Å². The first-order valence-corrected chi connectivity index (χ1v) is 12.9. The molecule has 1 aliphatic heterocycles. The summed E-state index contributed by atoms with van der Waals surface area (Å²) in [7, 11) is 1.41. The van der Waals surface area contributed by atoms with Crippen molar-refractivity contribution in [3.8, 4) is 0 Å². The first-order valence-electron chi connectivity index (χ1n) is 11.1. The molecule has 0 saturated heterocycles. The van der Waals surface area contributed by atoms with Crippen molar-refractivity contribution < 1.29 is 14.3 Å². The Hall–Kier alpha value is -2.31. The Balaban J connectivity index is 1.85. The maximum Gasteiger partial charge on any atom is 0.336 e. The number of hydrogen-bond acceptors (Lipinski definition) is 6. The Kier molecular flexibility index (Phi) is 6.91. The topological polar surface area (TPSA) is 55.4 Å². The second-order valence-electron chi connectivity index (χ2n) is 8.16. The molecule has 1 N–H and O–H groups in total. The number of benzene rings is 1. The maximum atomic E-state index is 13.6. The summed E-state index contributed by atoms with van der Waals surface area (Å²) in [5.74, 6) is 0.438. The van der Waals surface area contributed by atoms with Gasteiger partial charge in [-0.25, -0.2) is 4.79 Å². The largest absolute Gasteiger partial charge is 0.466 e. The number of hydrogen-bond donors (Lipinski definition) is 1. The van der Waals surface area contributed by atoms with E-state index in [2.05, 4.69) is 37.4 Å². The molecule has 0 amide bonds. The standard InChI is InChI=1S/C26H29NO3S2/c1-5-18-14-19(26(32-18)31-6-2)23-22(25(29)30-4)15(3)27-20-12-17(13-21(28)24(20)23)16-10-8-7-9-11-16/h7-11,14,17,23,27H,5-6,12-13H2,1-4H3/t17-,23+/m0/s1. The molecule has 0 bridgehead atoms. The fraction of sp³-hybridized carbons (Fsp3) is 0.385. The number of allylic oxidation sites excluding steroid dienone is 3. The first-order chi connectivity index (χ1) is 15.5. The number of methoxy groups -OCH3 is 1. The number of carbonyl (C=O) groups excluding carboxylic acids is 2. The highest BCUT2D eigenvalue weighted by Crippen LogP contribution is 2.49. The zero-order valence-corrected chi connectivity index (χ0v) is 20.6. The third-order valence-electron chi connectivity index (χ3n) is 6.21. The Morgan fingerprint density at radius 2 is 1.97 bits per heavy atom. The van der Waals surface area contributed by atoms with Gasteiger partial charge in [0, 0.05) is 28.3 Å². The summed E-state index contributed by atoms with van der Waals surface area (Å²) in [4.78, 5) is 27.8. The smallest absolute Gasteiger partial charge is 0.336 e. The molecule has 6 heteroatoms. The fourth-order valence-corrected chi connectivity index (χ4v) is 7.13. The van der Waals surface area contributed by atoms with Crippen LogP contribution in [0.1, 0.15) is 61.5 Å². The summed E-state index contributed by atoms with van der Waals surface area (Å²) in [5.41, 5.74) is 5.26. The second kappa shape index (κ2) is 9.67. The van der Waals surface area contributed by atoms with E-state index in [1.54, 1.807) is 23.1 Å². The third-order valence-corrected chi connectivity index (χ3v) is 8.69. The number of nitrogens with one attached hydrogen (secondary N) is 1. The monoisotopic (exact) mass is 467 g/mol. The normalized spacial score (nSPS) is 20.8. The molecule has 4 rings (SSSR count). The molecule has 0 spiro atoms. The van der Waals surface area contributed by atoms with Gasteiger partial charge < -0.3 is 10.1 Å². The van der Waals surface area contributed by atoms with E-state index in [-0.39, 0.29) is 23.6 Å². The van der Waals surface area contributed by atoms with Crippen molar-refractivity contribution >= 4 is 34.9 Å². The van der Waals surface area contributed by atoms with Crippen LogP contribution in [0.4, 0.5) is 0 Å². The SMILES string of the molecule is CCSc1sc(CC)cc1[C@@H]1C(C(=O)OC)=C(C)NC2=C1C(=O)C[C@@H](c1ccccc1)C2. The first kappa shape index (κ1) is 22.9. The van der Waals surface area contributed by atoms with E-state index in [0.717, 1.165) is 41.1 Å². The lowest BCUT2D eigenvalue weighted by atomic mass is 9.72. The van der Waals surface area contributed by atoms with Crippen LogP contribution in [-0.2, 0) is 20.7 Å². The minimum Gasteiger partial charge on any atom is -0.466 e. The van der Waals surface area contributed by atoms with Gasteiger partial charge in [0.15, 0.2) is 5.78 Å². The molecule has 2 atom stereocenters. The van der Waals surface area contributed by atoms with Crippen molar-refractivity contribution in [2.24, 2.45) is 0 Å². The van der Waals surface area contributed by atoms with Gasteiger partial charge in [0.2, 0.25) is 0 Å². The minimum absolute atomic E-state index is 0.114. The molecule has 4 nitrogen and oxygen atoms in total. The van der Waals surface area contributed by atoms with Crippen molar-refractivity contribution in [1.82, 2.24) is 5.32 Å². The number of rotatable bonds is 6. The highest BCUT2D eigenvalue weighted by atomic mass is 32.2. The van der Waals surface area contributed by atoms with Gasteiger partial charge in [-0.1, -0.05) is 44.2 Å². The average Bonchev–Trinajstić information content (AvgIpc) is 3.21. The van der Waals surface area contributed by atoms with E-state index in [0.29, 0.717) is 12.0 Å². The summed E-state index contributed by atoms with van der Waals surface area (Å²) in [6.45, 7) is 6.19. The summed E-state index contributed by atoms with van der Waals surface area (Å²) < 4.78 is 6.37. The molecular weight excluding hydrogens is 438 g/mol. The van der Waals surface area contributed by atoms with E-state index in [9.17, 15) is 9.59 Å². The number of dihydropyridines is 1. The van der Waals surface area contributed by atoms with Crippen molar-refractivity contribution in [2.75, 3.05) is 12.9 Å². The number of ketones is 1. The van der Waals surface area contributed by atoms with Gasteiger partial charge in [-0.05, 0) is 48.6 Å². The molecule has 0 fully saturated rings. The van der Waals surface area contributed by atoms with Crippen LogP contribution >= 0.6 is 23.1 Å². The van der Waals surface area contributed by atoms with Gasteiger partial charge in [0.25, 0.3) is 0 Å². The van der Waals surface area contributed by atoms with Gasteiger partial charge in [0.05, 0.1) is 22.8 Å². The number of Topliss-reactive ketones (excluding diaryl/α,β-unsaturated/α-hetero) is 1. The number of carbonyl (C=O) groups is 2. The summed E-state index contributed by atoms with van der Waals surface area (Å²) >= 11 is 3.55. The molecule has 168 valence electrons. The van der Waals surface area contributed by atoms with E-state index in [1.807, 2.05) is 25.1 Å². The van der Waals surface area contributed by atoms with Gasteiger partial charge in [-0.15, -0.1) is 23.1 Å². The van der Waals surface area contributed by atoms with Crippen LogP contribution in [-0.4, -0.2) is 24.6 Å². The Bertz CT molecular complexity index is 1100. The van der Waals surface area contributed by atoms with Crippen LogP contribution in [0, 0.1) is 0 Å². The molecule has 0 saturated carbocycles. The summed E-state index contributed by atoms with van der Waals surface area (Å²) in [6, 6.07) is 12.4. The predicted octanol–water partition coefficient (Wildman–Crippen LogP) is 5.96. The molecule has 2 aromatic rings. The van der Waals surface area contributed by atoms with Crippen LogP contribution in [0.15, 0.2) is 63.1 Å². The molecule has 1 aromatic heterocycles. The lowest BCUT2D eigenvalue weighted by molar-refractivity contribution is -0.136. The molecule has 1 aromatic carbocycles. The zero-order chi connectivity index (χ0) is 22.8. The van der Waals surface area contributed by atoms with E-state index < -0.39 is 0 Å². The Morgan fingerprint density at radius 1 is 1.22 bits per heavy atom. The minimum atomic E-state index is -0.381. The lowest BCUT2D eigenvalue weighted by Gasteiger charge is -2.36. The van der Waals surface area contributed by atoms with E-state index >= 15 is 0 Å². The van der Waals surface area contributed by atoms with Gasteiger partial charge in [-0.2, -0.15) is 0 Å². The Morgan fingerprint density at radius 3 is 2.62 bits per heavy atom. The number of thiophene rings is 1. The van der Waals surface area contributed by atoms with Crippen LogP contribution in [0.3, 0.4) is 0 Å². The molecule has 1 aliphatic carbocycles. The number of esters is 1. The third kappa shape index (κ3) is 4.18. The predicted molar refractivity (Wildman–Crippen MR) is 131 cm³/mol. The van der Waals surface area contributed by atoms with Crippen LogP contribution in [0.25, 0.3) is 0 Å². The highest BCUT2D eigenvalue weighted by Gasteiger charge is 2.42. The zero-order valence-electron chi connectivity index (χ0n) is 19.0. The quantitative estimate of drug-likeness (QED) is 0.420. The molecule has 0 radical (unpaired) electrons. The second-order valence-corrected chi connectivity index (χ2v) is 10.8. The molecule has 2 aliphatic rings. The van der Waals surface area contributed by atoms with Gasteiger partial charge in [0.1, 0.15) is 0 Å². The molecule has 32 heavy (non-hydrogen) atoms. The van der Waals surface area contributed by atoms with E-state index in [1.165, 1.54) is 21.8 Å². The number of ether oxygens (including phenoxy) is 1. The number of aryl methyl sites for hydroxylation is 1. The van der Waals surface area contributed by atoms with Crippen LogP contribution in [0.2, 0.25) is 0 Å². The van der Waals surface area contributed by atoms with Crippen molar-refractivity contribution in [2.45, 2.75) is 56.1 Å². The molecular formula is C26H29NO3S2. The van der Waals surface area contributed by atoms with Crippen molar-refractivity contribution in [3.05, 3.63) is 74.9 Å². The lowest BCUT2D eigenvalue weighted by Crippen LogP contribution is -2.36. The van der Waals surface area contributed by atoms with Gasteiger partial charge >= 0.3 is 5.97 Å². The maximum absolute atomic E-state index is 13.6. The fourth-order valence-electron chi connectivity index (χ4n) is 4.75. The molecule has 2 heterocycles. The summed E-state index contributed by atoms with van der Waals surface area (Å²) in [6.07, 6.45) is 2.14. The van der Waals surface area contributed by atoms with E-state index in [4.69, 9.17) is 4.74 Å². The highest BCUT2D eigenvalue weighted by molar-refractivity contribution is 8.01. The van der Waals surface area contributed by atoms with Crippen LogP contribution < -0.4 is 5.32 Å². The average molecular weight is 468 g/mol. The Labute approximate surface area is 198 Å². The van der Waals surface area contributed by atoms with Crippen molar-refractivity contribution in [3.63, 3.8) is 0 Å². The van der Waals surface area contributed by atoms with Gasteiger partial charge in [-0.3, -0.25) is 4.79 Å². The molecule has 0 unspecified atom stereocenters. The van der Waals surface area contributed by atoms with Crippen LogP contribution in [0.5, 0.6) is 0 Å². The number of thioether (sulfide) groups is 1.